The third kappa shape index (κ3) is 5.42. The van der Waals surface area contributed by atoms with Gasteiger partial charge in [-0.15, -0.1) is 0 Å². The van der Waals surface area contributed by atoms with E-state index in [2.05, 4.69) is 15.3 Å². The molecule has 1 amide bonds. The fraction of sp³-hybridized carbons (Fsp3) is 0.577. The number of piperidine rings is 1. The van der Waals surface area contributed by atoms with E-state index in [0.717, 1.165) is 15.7 Å². The average molecular weight is 584 g/mol. The normalized spacial score (nSPS) is 23.8. The highest BCUT2D eigenvalue weighted by Gasteiger charge is 2.49. The van der Waals surface area contributed by atoms with Crippen LogP contribution in [-0.2, 0) is 21.2 Å². The summed E-state index contributed by atoms with van der Waals surface area (Å²) in [5.41, 5.74) is 0.449. The van der Waals surface area contributed by atoms with Crippen molar-refractivity contribution in [2.45, 2.75) is 63.6 Å². The predicted octanol–water partition coefficient (Wildman–Crippen LogP) is 2.78. The number of hydrogen-bond donors (Lipinski definition) is 3. The molecule has 0 atom stereocenters. The van der Waals surface area contributed by atoms with Crippen LogP contribution in [0.5, 0.6) is 5.88 Å². The molecule has 0 radical (unpaired) electrons. The quantitative estimate of drug-likeness (QED) is 0.481. The van der Waals surface area contributed by atoms with Gasteiger partial charge in [0.15, 0.2) is 0 Å². The van der Waals surface area contributed by atoms with Crippen molar-refractivity contribution in [2.24, 2.45) is 16.8 Å². The number of amides is 1. The summed E-state index contributed by atoms with van der Waals surface area (Å²) in [4.78, 5) is 31.8. The van der Waals surface area contributed by atoms with Crippen LogP contribution in [0.3, 0.4) is 0 Å². The summed E-state index contributed by atoms with van der Waals surface area (Å²) < 4.78 is 67.8. The van der Waals surface area contributed by atoms with Crippen LogP contribution < -0.4 is 11.0 Å². The van der Waals surface area contributed by atoms with E-state index in [4.69, 9.17) is 0 Å². The smallest absolute Gasteiger partial charge is 0.391 e. The second-order valence-electron chi connectivity index (χ2n) is 10.9. The maximum Gasteiger partial charge on any atom is 0.391 e. The fourth-order valence-corrected chi connectivity index (χ4v) is 7.45. The molecule has 5 rings (SSSR count). The Kier molecular flexibility index (Phi) is 7.36. The van der Waals surface area contributed by atoms with Crippen LogP contribution in [0.2, 0.25) is 0 Å². The number of carbonyl (C=O) groups excluding carboxylic acids is 1. The molecule has 2 fully saturated rings. The molecule has 1 aliphatic carbocycles. The Balaban J connectivity index is 1.19. The van der Waals surface area contributed by atoms with Crippen molar-refractivity contribution in [2.75, 3.05) is 18.8 Å². The van der Waals surface area contributed by atoms with Crippen molar-refractivity contribution in [3.8, 4) is 11.6 Å². The highest BCUT2D eigenvalue weighted by atomic mass is 32.2. The van der Waals surface area contributed by atoms with Gasteiger partial charge in [0, 0.05) is 19.0 Å². The van der Waals surface area contributed by atoms with Crippen LogP contribution in [0.1, 0.15) is 49.7 Å². The Morgan fingerprint density at radius 3 is 2.38 bits per heavy atom. The molecule has 14 heteroatoms. The number of nitrogens with one attached hydrogen (secondary N) is 2. The molecule has 0 unspecified atom stereocenters. The molecule has 10 nitrogen and oxygen atoms in total. The van der Waals surface area contributed by atoms with Gasteiger partial charge in [0.1, 0.15) is 11.4 Å². The molecule has 40 heavy (non-hydrogen) atoms. The summed E-state index contributed by atoms with van der Waals surface area (Å²) in [5, 5.41) is 12.7. The predicted molar refractivity (Wildman–Crippen MR) is 141 cm³/mol. The van der Waals surface area contributed by atoms with E-state index in [1.165, 1.54) is 10.5 Å². The van der Waals surface area contributed by atoms with Crippen LogP contribution in [0.4, 0.5) is 13.2 Å². The minimum Gasteiger partial charge on any atom is -0.493 e. The van der Waals surface area contributed by atoms with Crippen LogP contribution in [0.15, 0.2) is 34.2 Å². The van der Waals surface area contributed by atoms with Crippen LogP contribution in [0, 0.1) is 18.8 Å². The molecule has 1 spiro atoms. The molecule has 218 valence electrons. The van der Waals surface area contributed by atoms with Gasteiger partial charge in [0.25, 0.3) is 5.91 Å². The van der Waals surface area contributed by atoms with Gasteiger partial charge in [-0.2, -0.15) is 13.2 Å². The van der Waals surface area contributed by atoms with Gasteiger partial charge < -0.3 is 15.4 Å². The molecular weight excluding hydrogens is 551 g/mol. The van der Waals surface area contributed by atoms with Gasteiger partial charge in [-0.3, -0.25) is 9.79 Å². The topological polar surface area (TPSA) is 137 Å². The lowest BCUT2D eigenvalue weighted by Gasteiger charge is -2.34. The van der Waals surface area contributed by atoms with Crippen molar-refractivity contribution < 1.29 is 31.5 Å². The Morgan fingerprint density at radius 2 is 1.80 bits per heavy atom. The zero-order chi connectivity index (χ0) is 28.9. The van der Waals surface area contributed by atoms with Gasteiger partial charge in [0.05, 0.1) is 23.6 Å². The van der Waals surface area contributed by atoms with Gasteiger partial charge in [0.2, 0.25) is 15.9 Å². The van der Waals surface area contributed by atoms with Crippen molar-refractivity contribution in [3.05, 3.63) is 46.0 Å². The van der Waals surface area contributed by atoms with E-state index >= 15 is 0 Å². The molecule has 2 aliphatic heterocycles. The van der Waals surface area contributed by atoms with E-state index in [1.54, 1.807) is 25.1 Å². The molecule has 3 aliphatic rings. The summed E-state index contributed by atoms with van der Waals surface area (Å²) >= 11 is 0. The number of H-pyrrole nitrogens is 1. The number of aryl methyl sites for hydroxylation is 2. The first-order chi connectivity index (χ1) is 18.8. The molecule has 2 aromatic rings. The first-order valence-corrected chi connectivity index (χ1v) is 14.9. The number of carbonyl (C=O) groups is 1. The molecule has 3 N–H and O–H groups in total. The van der Waals surface area contributed by atoms with Crippen LogP contribution in [-0.4, -0.2) is 69.7 Å². The summed E-state index contributed by atoms with van der Waals surface area (Å²) in [6, 6.07) is 5.06. The first-order valence-electron chi connectivity index (χ1n) is 13.3. The molecule has 3 heterocycles. The number of alkyl halides is 3. The number of imidazole rings is 1. The Bertz CT molecular complexity index is 1480. The number of hydrogen-bond acceptors (Lipinski definition) is 6. The standard InChI is InChI=1S/C26H32F3N5O5S/c1-16-14-20(34-21(35)15-30-24(34)37)7-4-17(16)8-13-40(38,39)33-11-9-25(10-12-33)23(36)31-22(32-25)18-2-5-19(6-3-18)26(27,28)29/h4,7,14-15,18-19,35H,2-3,5-6,8-13H2,1H3,(H,30,37)(H,31,32,36). The third-order valence-electron chi connectivity index (χ3n) is 8.49. The summed E-state index contributed by atoms with van der Waals surface area (Å²) in [7, 11) is -3.64. The van der Waals surface area contributed by atoms with Crippen LogP contribution >= 0.6 is 0 Å². The van der Waals surface area contributed by atoms with Crippen molar-refractivity contribution in [3.63, 3.8) is 0 Å². The number of halogens is 3. The lowest BCUT2D eigenvalue weighted by Crippen LogP contribution is -2.51. The van der Waals surface area contributed by atoms with E-state index < -0.39 is 33.3 Å². The zero-order valence-corrected chi connectivity index (χ0v) is 22.8. The van der Waals surface area contributed by atoms with E-state index in [-0.39, 0.29) is 68.7 Å². The number of amidine groups is 1. The number of aliphatic imine (C=N–C) groups is 1. The Morgan fingerprint density at radius 1 is 1.12 bits per heavy atom. The summed E-state index contributed by atoms with van der Waals surface area (Å²) in [5.74, 6) is -1.78. The largest absolute Gasteiger partial charge is 0.493 e. The van der Waals surface area contributed by atoms with E-state index in [1.807, 2.05) is 0 Å². The number of aromatic hydroxyl groups is 1. The number of nitrogens with zero attached hydrogens (tertiary/aromatic N) is 3. The van der Waals surface area contributed by atoms with Crippen LogP contribution in [0.25, 0.3) is 5.69 Å². The second-order valence-corrected chi connectivity index (χ2v) is 13.0. The van der Waals surface area contributed by atoms with Crippen molar-refractivity contribution in [1.29, 1.82) is 0 Å². The third-order valence-corrected chi connectivity index (χ3v) is 10.4. The van der Waals surface area contributed by atoms with E-state index in [9.17, 15) is 36.3 Å². The summed E-state index contributed by atoms with van der Waals surface area (Å²) in [6.07, 6.45) is -1.72. The lowest BCUT2D eigenvalue weighted by molar-refractivity contribution is -0.182. The minimum absolute atomic E-state index is 0.0113. The monoisotopic (exact) mass is 583 g/mol. The second kappa shape index (κ2) is 10.4. The SMILES string of the molecule is Cc1cc(-n2c(O)c[nH]c2=O)ccc1CCS(=O)(=O)N1CCC2(CC1)N=C(C1CCC(C(F)(F)F)CC1)NC2=O. The van der Waals surface area contributed by atoms with Gasteiger partial charge in [-0.25, -0.2) is 22.1 Å². The number of rotatable bonds is 6. The number of sulfonamides is 1. The number of aromatic amines is 1. The fourth-order valence-electron chi connectivity index (χ4n) is 5.98. The number of benzene rings is 1. The molecular formula is C26H32F3N5O5S. The highest BCUT2D eigenvalue weighted by Crippen LogP contribution is 2.41. The molecule has 1 saturated carbocycles. The minimum atomic E-state index is -4.21. The average Bonchev–Trinajstić information content (AvgIpc) is 3.41. The van der Waals surface area contributed by atoms with Gasteiger partial charge in [-0.05, 0) is 75.1 Å². The summed E-state index contributed by atoms with van der Waals surface area (Å²) in [6.45, 7) is 2.05. The van der Waals surface area contributed by atoms with Gasteiger partial charge >= 0.3 is 11.9 Å². The molecule has 1 aromatic carbocycles. The maximum absolute atomic E-state index is 13.1. The Hall–Kier alpha value is -3.13. The van der Waals surface area contributed by atoms with E-state index in [0.29, 0.717) is 24.4 Å². The number of aromatic nitrogens is 2. The lowest BCUT2D eigenvalue weighted by atomic mass is 9.81. The Labute approximate surface area is 229 Å². The van der Waals surface area contributed by atoms with Crippen molar-refractivity contribution in [1.82, 2.24) is 19.2 Å². The molecule has 0 bridgehead atoms. The zero-order valence-electron chi connectivity index (χ0n) is 22.0. The highest BCUT2D eigenvalue weighted by molar-refractivity contribution is 7.89. The molecule has 1 aromatic heterocycles. The first kappa shape index (κ1) is 28.4. The van der Waals surface area contributed by atoms with Gasteiger partial charge in [-0.1, -0.05) is 6.07 Å². The maximum atomic E-state index is 13.1. The van der Waals surface area contributed by atoms with Crippen molar-refractivity contribution >= 4 is 21.8 Å². The molecule has 1 saturated heterocycles.